The third-order valence-electron chi connectivity index (χ3n) is 2.90. The average Bonchev–Trinajstić information content (AvgIpc) is 2.69. The van der Waals surface area contributed by atoms with E-state index in [-0.39, 0.29) is 0 Å². The fraction of sp³-hybridized carbons (Fsp3) is 0.357. The second-order valence-corrected chi connectivity index (χ2v) is 4.88. The van der Waals surface area contributed by atoms with Crippen LogP contribution in [0.4, 0.5) is 0 Å². The number of aryl methyl sites for hydroxylation is 2. The van der Waals surface area contributed by atoms with Crippen molar-refractivity contribution in [2.75, 3.05) is 6.61 Å². The normalized spacial score (nSPS) is 12.4. The van der Waals surface area contributed by atoms with E-state index in [4.69, 9.17) is 16.3 Å². The first-order valence-corrected chi connectivity index (χ1v) is 6.50. The Morgan fingerprint density at radius 3 is 2.89 bits per heavy atom. The Hall–Kier alpha value is -1.52. The molecule has 0 aliphatic carbocycles. The van der Waals surface area contributed by atoms with E-state index in [0.29, 0.717) is 23.7 Å². The molecule has 0 radical (unpaired) electrons. The SMILES string of the molecule is Cc1cccc(OCCC(O)c2c(Cl)cnn2C)c1. The summed E-state index contributed by atoms with van der Waals surface area (Å²) in [5.74, 6) is 0.809. The van der Waals surface area contributed by atoms with Crippen molar-refractivity contribution in [2.45, 2.75) is 19.4 Å². The highest BCUT2D eigenvalue weighted by molar-refractivity contribution is 6.31. The van der Waals surface area contributed by atoms with Crippen LogP contribution in [-0.2, 0) is 7.05 Å². The number of aliphatic hydroxyl groups excluding tert-OH is 1. The number of hydrogen-bond donors (Lipinski definition) is 1. The van der Waals surface area contributed by atoms with Crippen LogP contribution in [0, 0.1) is 6.92 Å². The van der Waals surface area contributed by atoms with Gasteiger partial charge in [0.15, 0.2) is 0 Å². The van der Waals surface area contributed by atoms with Crippen LogP contribution in [0.3, 0.4) is 0 Å². The van der Waals surface area contributed by atoms with Gasteiger partial charge in [0.05, 0.1) is 23.5 Å². The molecule has 0 aliphatic rings. The van der Waals surface area contributed by atoms with E-state index in [1.54, 1.807) is 11.7 Å². The molecule has 0 saturated carbocycles. The Morgan fingerprint density at radius 2 is 2.26 bits per heavy atom. The Labute approximate surface area is 117 Å². The molecule has 1 aromatic heterocycles. The molecule has 1 heterocycles. The lowest BCUT2D eigenvalue weighted by molar-refractivity contribution is 0.133. The monoisotopic (exact) mass is 280 g/mol. The molecule has 0 bridgehead atoms. The van der Waals surface area contributed by atoms with Crippen molar-refractivity contribution in [3.05, 3.63) is 46.7 Å². The average molecular weight is 281 g/mol. The topological polar surface area (TPSA) is 47.3 Å². The van der Waals surface area contributed by atoms with Gasteiger partial charge in [0.1, 0.15) is 11.9 Å². The van der Waals surface area contributed by atoms with Crippen LogP contribution in [0.2, 0.25) is 5.02 Å². The quantitative estimate of drug-likeness (QED) is 0.916. The van der Waals surface area contributed by atoms with Crippen LogP contribution in [0.15, 0.2) is 30.5 Å². The minimum absolute atomic E-state index is 0.423. The zero-order valence-corrected chi connectivity index (χ0v) is 11.8. The maximum atomic E-state index is 10.1. The predicted molar refractivity (Wildman–Crippen MR) is 74.5 cm³/mol. The Bertz CT molecular complexity index is 535. The van der Waals surface area contributed by atoms with E-state index in [1.165, 1.54) is 6.20 Å². The highest BCUT2D eigenvalue weighted by Crippen LogP contribution is 2.24. The van der Waals surface area contributed by atoms with Crippen LogP contribution in [0.25, 0.3) is 0 Å². The second kappa shape index (κ2) is 6.08. The van der Waals surface area contributed by atoms with Gasteiger partial charge in [0, 0.05) is 13.5 Å². The molecule has 102 valence electrons. The van der Waals surface area contributed by atoms with Crippen LogP contribution in [-0.4, -0.2) is 21.5 Å². The fourth-order valence-electron chi connectivity index (χ4n) is 1.93. The third kappa shape index (κ3) is 3.49. The lowest BCUT2D eigenvalue weighted by Gasteiger charge is -2.13. The molecular formula is C14H17ClN2O2. The minimum Gasteiger partial charge on any atom is -0.493 e. The van der Waals surface area contributed by atoms with E-state index in [9.17, 15) is 5.11 Å². The third-order valence-corrected chi connectivity index (χ3v) is 3.19. The largest absolute Gasteiger partial charge is 0.493 e. The van der Waals surface area contributed by atoms with Crippen molar-refractivity contribution in [3.8, 4) is 5.75 Å². The van der Waals surface area contributed by atoms with Crippen molar-refractivity contribution in [3.63, 3.8) is 0 Å². The van der Waals surface area contributed by atoms with E-state index >= 15 is 0 Å². The second-order valence-electron chi connectivity index (χ2n) is 4.47. The summed E-state index contributed by atoms with van der Waals surface area (Å²) in [4.78, 5) is 0. The van der Waals surface area contributed by atoms with Crippen LogP contribution in [0.1, 0.15) is 23.8 Å². The van der Waals surface area contributed by atoms with Crippen LogP contribution >= 0.6 is 11.6 Å². The number of hydrogen-bond acceptors (Lipinski definition) is 3. The van der Waals surface area contributed by atoms with Gasteiger partial charge < -0.3 is 9.84 Å². The Kier molecular flexibility index (Phi) is 4.45. The molecule has 0 amide bonds. The first kappa shape index (κ1) is 13.9. The molecule has 1 unspecified atom stereocenters. The number of benzene rings is 1. The molecule has 2 aromatic rings. The Morgan fingerprint density at radius 1 is 1.47 bits per heavy atom. The highest BCUT2D eigenvalue weighted by Gasteiger charge is 2.16. The lowest BCUT2D eigenvalue weighted by atomic mass is 10.2. The first-order chi connectivity index (χ1) is 9.08. The smallest absolute Gasteiger partial charge is 0.119 e. The number of aromatic nitrogens is 2. The number of aliphatic hydroxyl groups is 1. The van der Waals surface area contributed by atoms with Crippen LogP contribution < -0.4 is 4.74 Å². The number of rotatable bonds is 5. The molecule has 2 rings (SSSR count). The molecule has 0 spiro atoms. The van der Waals surface area contributed by atoms with Gasteiger partial charge in [-0.2, -0.15) is 5.10 Å². The number of ether oxygens (including phenoxy) is 1. The van der Waals surface area contributed by atoms with Crippen molar-refractivity contribution in [1.29, 1.82) is 0 Å². The van der Waals surface area contributed by atoms with E-state index in [1.807, 2.05) is 31.2 Å². The van der Waals surface area contributed by atoms with Gasteiger partial charge >= 0.3 is 0 Å². The van der Waals surface area contributed by atoms with E-state index in [2.05, 4.69) is 5.10 Å². The fourth-order valence-corrected chi connectivity index (χ4v) is 2.22. The molecular weight excluding hydrogens is 264 g/mol. The summed E-state index contributed by atoms with van der Waals surface area (Å²) in [6.45, 7) is 2.43. The van der Waals surface area contributed by atoms with Crippen molar-refractivity contribution in [2.24, 2.45) is 7.05 Å². The maximum absolute atomic E-state index is 10.1. The van der Waals surface area contributed by atoms with Crippen molar-refractivity contribution >= 4 is 11.6 Å². The summed E-state index contributed by atoms with van der Waals surface area (Å²) < 4.78 is 7.19. The summed E-state index contributed by atoms with van der Waals surface area (Å²) in [6.07, 6.45) is 1.32. The summed E-state index contributed by atoms with van der Waals surface area (Å²) in [6, 6.07) is 7.82. The number of nitrogens with zero attached hydrogens (tertiary/aromatic N) is 2. The first-order valence-electron chi connectivity index (χ1n) is 6.13. The standard InChI is InChI=1S/C14H17ClN2O2/c1-10-4-3-5-11(8-10)19-7-6-13(18)14-12(15)9-16-17(14)2/h3-5,8-9,13,18H,6-7H2,1-2H3. The molecule has 0 saturated heterocycles. The molecule has 19 heavy (non-hydrogen) atoms. The van der Waals surface area contributed by atoms with Gasteiger partial charge in [-0.1, -0.05) is 23.7 Å². The molecule has 1 aromatic carbocycles. The lowest BCUT2D eigenvalue weighted by Crippen LogP contribution is -2.10. The van der Waals surface area contributed by atoms with Gasteiger partial charge in [0.2, 0.25) is 0 Å². The van der Waals surface area contributed by atoms with Gasteiger partial charge in [-0.3, -0.25) is 4.68 Å². The summed E-state index contributed by atoms with van der Waals surface area (Å²) in [5.41, 5.74) is 1.77. The van der Waals surface area contributed by atoms with Gasteiger partial charge in [-0.05, 0) is 24.6 Å². The Balaban J connectivity index is 1.89. The van der Waals surface area contributed by atoms with Gasteiger partial charge in [-0.15, -0.1) is 0 Å². The van der Waals surface area contributed by atoms with Crippen molar-refractivity contribution < 1.29 is 9.84 Å². The molecule has 4 nitrogen and oxygen atoms in total. The van der Waals surface area contributed by atoms with E-state index < -0.39 is 6.10 Å². The zero-order valence-electron chi connectivity index (χ0n) is 11.0. The van der Waals surface area contributed by atoms with E-state index in [0.717, 1.165) is 11.3 Å². The molecule has 1 N–H and O–H groups in total. The van der Waals surface area contributed by atoms with Gasteiger partial charge in [-0.25, -0.2) is 0 Å². The molecule has 0 aliphatic heterocycles. The van der Waals surface area contributed by atoms with Crippen LogP contribution in [0.5, 0.6) is 5.75 Å². The molecule has 5 heteroatoms. The summed E-state index contributed by atoms with van der Waals surface area (Å²) in [7, 11) is 1.76. The minimum atomic E-state index is -0.676. The zero-order chi connectivity index (χ0) is 13.8. The highest BCUT2D eigenvalue weighted by atomic mass is 35.5. The predicted octanol–water partition coefficient (Wildman–Crippen LogP) is 2.88. The maximum Gasteiger partial charge on any atom is 0.119 e. The van der Waals surface area contributed by atoms with Gasteiger partial charge in [0.25, 0.3) is 0 Å². The molecule has 0 fully saturated rings. The van der Waals surface area contributed by atoms with Crippen molar-refractivity contribution in [1.82, 2.24) is 9.78 Å². The number of halogens is 1. The summed E-state index contributed by atoms with van der Waals surface area (Å²) in [5, 5.41) is 14.6. The molecule has 1 atom stereocenters. The summed E-state index contributed by atoms with van der Waals surface area (Å²) >= 11 is 5.97.